The maximum Gasteiger partial charge on any atom is 0.308 e. The Morgan fingerprint density at radius 2 is 1.80 bits per heavy atom. The van der Waals surface area contributed by atoms with Crippen molar-refractivity contribution >= 4 is 39.2 Å². The van der Waals surface area contributed by atoms with E-state index in [4.69, 9.17) is 28.3 Å². The van der Waals surface area contributed by atoms with Gasteiger partial charge in [0.15, 0.2) is 0 Å². The zero-order chi connectivity index (χ0) is 15.1. The smallest absolute Gasteiger partial charge is 0.308 e. The van der Waals surface area contributed by atoms with Gasteiger partial charge in [0.05, 0.1) is 10.8 Å². The summed E-state index contributed by atoms with van der Waals surface area (Å²) in [4.78, 5) is 11.0. The molecule has 0 unspecified atom stereocenters. The summed E-state index contributed by atoms with van der Waals surface area (Å²) in [6.07, 6.45) is 0. The number of nitrogens with zero attached hydrogens (tertiary/aromatic N) is 1. The second kappa shape index (κ2) is 5.52. The third kappa shape index (κ3) is 2.93. The van der Waals surface area contributed by atoms with Crippen molar-refractivity contribution in [1.29, 1.82) is 0 Å². The predicted octanol–water partition coefficient (Wildman–Crippen LogP) is 2.33. The van der Waals surface area contributed by atoms with Gasteiger partial charge in [0.1, 0.15) is 0 Å². The van der Waals surface area contributed by atoms with Crippen LogP contribution in [0.15, 0.2) is 23.1 Å². The van der Waals surface area contributed by atoms with Crippen LogP contribution in [-0.2, 0) is 14.8 Å². The molecule has 20 heavy (non-hydrogen) atoms. The molecule has 0 amide bonds. The van der Waals surface area contributed by atoms with Gasteiger partial charge >= 0.3 is 5.97 Å². The highest BCUT2D eigenvalue weighted by molar-refractivity contribution is 7.89. The van der Waals surface area contributed by atoms with Crippen molar-refractivity contribution < 1.29 is 18.3 Å². The number of rotatable bonds is 3. The number of carboxylic acid groups (broad SMARTS) is 1. The Morgan fingerprint density at radius 1 is 1.25 bits per heavy atom. The molecule has 1 aromatic carbocycles. The minimum Gasteiger partial charge on any atom is -0.481 e. The number of carboxylic acids is 1. The van der Waals surface area contributed by atoms with Gasteiger partial charge in [-0.2, -0.15) is 4.31 Å². The topological polar surface area (TPSA) is 74.7 Å². The van der Waals surface area contributed by atoms with Crippen molar-refractivity contribution in [2.45, 2.75) is 11.8 Å². The van der Waals surface area contributed by atoms with Crippen LogP contribution in [0.4, 0.5) is 0 Å². The Morgan fingerprint density at radius 3 is 2.25 bits per heavy atom. The Balaban J connectivity index is 2.34. The lowest BCUT2D eigenvalue weighted by molar-refractivity contribution is -0.142. The van der Waals surface area contributed by atoms with Crippen LogP contribution in [0.25, 0.3) is 0 Å². The first kappa shape index (κ1) is 15.6. The lowest BCUT2D eigenvalue weighted by atomic mass is 9.99. The number of hydrogen-bond acceptors (Lipinski definition) is 3. The van der Waals surface area contributed by atoms with E-state index in [1.54, 1.807) is 6.92 Å². The average molecular weight is 338 g/mol. The fourth-order valence-corrected chi connectivity index (χ4v) is 4.56. The van der Waals surface area contributed by atoms with Gasteiger partial charge < -0.3 is 5.11 Å². The van der Waals surface area contributed by atoms with Crippen molar-refractivity contribution in [2.24, 2.45) is 11.8 Å². The van der Waals surface area contributed by atoms with E-state index in [1.807, 2.05) is 0 Å². The van der Waals surface area contributed by atoms with Crippen molar-refractivity contribution in [2.75, 3.05) is 13.1 Å². The van der Waals surface area contributed by atoms with Crippen LogP contribution in [0.2, 0.25) is 10.0 Å². The summed E-state index contributed by atoms with van der Waals surface area (Å²) in [5.41, 5.74) is 0. The van der Waals surface area contributed by atoms with E-state index in [2.05, 4.69) is 0 Å². The van der Waals surface area contributed by atoms with Gasteiger partial charge in [0.25, 0.3) is 0 Å². The van der Waals surface area contributed by atoms with Crippen LogP contribution in [0.1, 0.15) is 6.92 Å². The quantitative estimate of drug-likeness (QED) is 0.918. The van der Waals surface area contributed by atoms with Gasteiger partial charge in [-0.25, -0.2) is 8.42 Å². The highest BCUT2D eigenvalue weighted by Crippen LogP contribution is 2.30. The Bertz CT molecular complexity index is 627. The molecule has 0 aromatic heterocycles. The number of carbonyl (C=O) groups is 1. The van der Waals surface area contributed by atoms with Crippen LogP contribution in [0.5, 0.6) is 0 Å². The average Bonchev–Trinajstić information content (AvgIpc) is 2.70. The molecule has 2 atom stereocenters. The highest BCUT2D eigenvalue weighted by atomic mass is 35.5. The molecular weight excluding hydrogens is 325 g/mol. The predicted molar refractivity (Wildman–Crippen MR) is 75.5 cm³/mol. The van der Waals surface area contributed by atoms with Crippen molar-refractivity contribution in [3.63, 3.8) is 0 Å². The molecule has 0 saturated carbocycles. The van der Waals surface area contributed by atoms with Crippen LogP contribution in [0.3, 0.4) is 0 Å². The lowest BCUT2D eigenvalue weighted by Crippen LogP contribution is -2.30. The van der Waals surface area contributed by atoms with Crippen LogP contribution in [0, 0.1) is 11.8 Å². The number of aliphatic carboxylic acids is 1. The molecular formula is C12H13Cl2NO4S. The molecule has 1 aliphatic heterocycles. The molecule has 1 aromatic rings. The van der Waals surface area contributed by atoms with Gasteiger partial charge in [-0.15, -0.1) is 0 Å². The summed E-state index contributed by atoms with van der Waals surface area (Å²) >= 11 is 11.6. The van der Waals surface area contributed by atoms with Gasteiger partial charge in [-0.1, -0.05) is 30.1 Å². The first-order chi connectivity index (χ1) is 9.21. The number of halogens is 2. The van der Waals surface area contributed by atoms with E-state index in [9.17, 15) is 13.2 Å². The van der Waals surface area contributed by atoms with Crippen molar-refractivity contribution in [3.8, 4) is 0 Å². The summed E-state index contributed by atoms with van der Waals surface area (Å²) in [7, 11) is -3.78. The molecule has 1 aliphatic rings. The van der Waals surface area contributed by atoms with Crippen LogP contribution in [-0.4, -0.2) is 36.9 Å². The fourth-order valence-electron chi connectivity index (χ4n) is 2.27. The molecule has 110 valence electrons. The molecule has 1 heterocycles. The molecule has 0 bridgehead atoms. The highest BCUT2D eigenvalue weighted by Gasteiger charge is 2.40. The number of sulfonamides is 1. The molecule has 8 heteroatoms. The first-order valence-electron chi connectivity index (χ1n) is 5.91. The molecule has 1 fully saturated rings. The third-order valence-electron chi connectivity index (χ3n) is 3.37. The standard InChI is InChI=1S/C12H13Cl2NO4S/c1-7-5-15(6-11(7)12(16)17)20(18,19)10-3-8(13)2-9(14)4-10/h2-4,7,11H,5-6H2,1H3,(H,16,17)/t7-,11-/m1/s1. The van der Waals surface area contributed by atoms with Crippen molar-refractivity contribution in [3.05, 3.63) is 28.2 Å². The summed E-state index contributed by atoms with van der Waals surface area (Å²) in [5.74, 6) is -1.92. The minimum absolute atomic E-state index is 0.0201. The van der Waals surface area contributed by atoms with E-state index >= 15 is 0 Å². The van der Waals surface area contributed by atoms with Crippen LogP contribution >= 0.6 is 23.2 Å². The molecule has 0 radical (unpaired) electrons. The monoisotopic (exact) mass is 337 g/mol. The Kier molecular flexibility index (Phi) is 4.30. The largest absolute Gasteiger partial charge is 0.481 e. The second-order valence-corrected chi connectivity index (χ2v) is 7.66. The van der Waals surface area contributed by atoms with Gasteiger partial charge in [-0.05, 0) is 24.1 Å². The fraction of sp³-hybridized carbons (Fsp3) is 0.417. The molecule has 0 spiro atoms. The van der Waals surface area contributed by atoms with Gasteiger partial charge in [-0.3, -0.25) is 4.79 Å². The minimum atomic E-state index is -3.78. The van der Waals surface area contributed by atoms with E-state index in [0.717, 1.165) is 0 Å². The number of benzene rings is 1. The summed E-state index contributed by atoms with van der Waals surface area (Å²) in [6, 6.07) is 4.05. The van der Waals surface area contributed by atoms with E-state index in [-0.39, 0.29) is 33.9 Å². The van der Waals surface area contributed by atoms with Crippen LogP contribution < -0.4 is 0 Å². The Labute approximate surface area is 127 Å². The first-order valence-corrected chi connectivity index (χ1v) is 8.10. The molecule has 1 saturated heterocycles. The van der Waals surface area contributed by atoms with E-state index < -0.39 is 21.9 Å². The SMILES string of the molecule is C[C@@H]1CN(S(=O)(=O)c2cc(Cl)cc(Cl)c2)C[C@H]1C(=O)O. The maximum absolute atomic E-state index is 12.5. The van der Waals surface area contributed by atoms with Gasteiger partial charge in [0.2, 0.25) is 10.0 Å². The number of hydrogen-bond donors (Lipinski definition) is 1. The summed E-state index contributed by atoms with van der Waals surface area (Å²) in [5, 5.41) is 9.50. The van der Waals surface area contributed by atoms with E-state index in [0.29, 0.717) is 0 Å². The maximum atomic E-state index is 12.5. The molecule has 2 rings (SSSR count). The Hall–Kier alpha value is -0.820. The van der Waals surface area contributed by atoms with E-state index in [1.165, 1.54) is 22.5 Å². The third-order valence-corrected chi connectivity index (χ3v) is 5.62. The molecule has 0 aliphatic carbocycles. The zero-order valence-corrected chi connectivity index (χ0v) is 12.9. The van der Waals surface area contributed by atoms with Gasteiger partial charge in [0, 0.05) is 23.1 Å². The normalized spacial score (nSPS) is 23.9. The summed E-state index contributed by atoms with van der Waals surface area (Å²) in [6.45, 7) is 1.85. The second-order valence-electron chi connectivity index (χ2n) is 4.85. The zero-order valence-electron chi connectivity index (χ0n) is 10.6. The lowest BCUT2D eigenvalue weighted by Gasteiger charge is -2.16. The summed E-state index contributed by atoms with van der Waals surface area (Å²) < 4.78 is 26.1. The van der Waals surface area contributed by atoms with Crippen molar-refractivity contribution in [1.82, 2.24) is 4.31 Å². The molecule has 1 N–H and O–H groups in total. The molecule has 5 nitrogen and oxygen atoms in total.